The number of carbonyl (C=O) groups is 1. The van der Waals surface area contributed by atoms with Crippen LogP contribution >= 0.6 is 0 Å². The molecular formula is C4H8O5S. The Morgan fingerprint density at radius 2 is 2.10 bits per heavy atom. The summed E-state index contributed by atoms with van der Waals surface area (Å²) < 4.78 is 25.0. The molecule has 0 rings (SSSR count). The van der Waals surface area contributed by atoms with Crippen LogP contribution in [0.5, 0.6) is 0 Å². The molecule has 0 heterocycles. The van der Waals surface area contributed by atoms with Crippen LogP contribution in [-0.4, -0.2) is 31.9 Å². The van der Waals surface area contributed by atoms with Crippen molar-refractivity contribution in [3.8, 4) is 0 Å². The number of hydrogen-bond donors (Lipinski definition) is 1. The van der Waals surface area contributed by atoms with E-state index in [0.717, 1.165) is 0 Å². The average molecular weight is 168 g/mol. The minimum absolute atomic E-state index is 0.0321. The highest BCUT2D eigenvalue weighted by atomic mass is 32.2. The first kappa shape index (κ1) is 9.38. The SMILES string of the molecule is CCOS(=O)(=O)CC(=O)O. The maximum Gasteiger partial charge on any atom is 0.321 e. The molecule has 0 aliphatic rings. The van der Waals surface area contributed by atoms with Gasteiger partial charge < -0.3 is 5.11 Å². The normalized spacial score (nSPS) is 11.3. The monoisotopic (exact) mass is 168 g/mol. The van der Waals surface area contributed by atoms with Gasteiger partial charge in [-0.2, -0.15) is 8.42 Å². The van der Waals surface area contributed by atoms with Crippen molar-refractivity contribution >= 4 is 16.1 Å². The molecule has 0 radical (unpaired) electrons. The fourth-order valence-corrected chi connectivity index (χ4v) is 1.12. The summed E-state index contributed by atoms with van der Waals surface area (Å²) in [5.74, 6) is -2.38. The second-order valence-electron chi connectivity index (χ2n) is 1.50. The summed E-state index contributed by atoms with van der Waals surface area (Å²) in [6.45, 7) is 1.44. The quantitative estimate of drug-likeness (QED) is 0.569. The summed E-state index contributed by atoms with van der Waals surface area (Å²) >= 11 is 0. The summed E-state index contributed by atoms with van der Waals surface area (Å²) in [6, 6.07) is 0. The molecule has 0 fully saturated rings. The van der Waals surface area contributed by atoms with Gasteiger partial charge in [-0.15, -0.1) is 0 Å². The second-order valence-corrected chi connectivity index (χ2v) is 3.14. The Morgan fingerprint density at radius 3 is 2.40 bits per heavy atom. The zero-order chi connectivity index (χ0) is 8.20. The lowest BCUT2D eigenvalue weighted by Crippen LogP contribution is -2.17. The van der Waals surface area contributed by atoms with Gasteiger partial charge >= 0.3 is 5.97 Å². The average Bonchev–Trinajstić information content (AvgIpc) is 1.59. The molecule has 0 saturated carbocycles. The molecule has 0 aromatic rings. The summed E-state index contributed by atoms with van der Waals surface area (Å²) in [5, 5.41) is 8.02. The lowest BCUT2D eigenvalue weighted by atomic mass is 10.8. The van der Waals surface area contributed by atoms with Gasteiger partial charge in [-0.1, -0.05) is 0 Å². The third kappa shape index (κ3) is 4.28. The molecule has 0 aromatic heterocycles. The van der Waals surface area contributed by atoms with Gasteiger partial charge in [-0.25, -0.2) is 0 Å². The molecule has 0 aliphatic carbocycles. The van der Waals surface area contributed by atoms with Crippen LogP contribution in [0.3, 0.4) is 0 Å². The lowest BCUT2D eigenvalue weighted by molar-refractivity contribution is -0.134. The van der Waals surface area contributed by atoms with Crippen LogP contribution in [0.25, 0.3) is 0 Å². The van der Waals surface area contributed by atoms with Crippen LogP contribution < -0.4 is 0 Å². The molecule has 0 atom stereocenters. The van der Waals surface area contributed by atoms with Gasteiger partial charge in [-0.05, 0) is 6.92 Å². The molecule has 0 bridgehead atoms. The highest BCUT2D eigenvalue weighted by Gasteiger charge is 2.14. The van der Waals surface area contributed by atoms with E-state index in [1.165, 1.54) is 6.92 Å². The highest BCUT2D eigenvalue weighted by molar-refractivity contribution is 7.87. The first-order valence-corrected chi connectivity index (χ1v) is 4.14. The predicted molar refractivity (Wildman–Crippen MR) is 33.0 cm³/mol. The number of hydrogen-bond acceptors (Lipinski definition) is 4. The molecule has 5 nitrogen and oxygen atoms in total. The summed E-state index contributed by atoms with van der Waals surface area (Å²) in [5.41, 5.74) is 0. The van der Waals surface area contributed by atoms with Crippen molar-refractivity contribution < 1.29 is 22.5 Å². The molecule has 0 aliphatic heterocycles. The van der Waals surface area contributed by atoms with Gasteiger partial charge in [0.25, 0.3) is 10.1 Å². The maximum atomic E-state index is 10.4. The second kappa shape index (κ2) is 3.52. The topological polar surface area (TPSA) is 80.7 Å². The third-order valence-electron chi connectivity index (χ3n) is 0.598. The van der Waals surface area contributed by atoms with Gasteiger partial charge in [0.2, 0.25) is 0 Å². The Bertz CT molecular complexity index is 204. The standard InChI is InChI=1S/C4H8O5S/c1-2-9-10(7,8)3-4(5)6/h2-3H2,1H3,(H,5,6). The van der Waals surface area contributed by atoms with Gasteiger partial charge in [-0.3, -0.25) is 8.98 Å². The van der Waals surface area contributed by atoms with E-state index >= 15 is 0 Å². The van der Waals surface area contributed by atoms with E-state index in [9.17, 15) is 13.2 Å². The number of rotatable bonds is 4. The zero-order valence-electron chi connectivity index (χ0n) is 5.40. The van der Waals surface area contributed by atoms with Crippen molar-refractivity contribution in [3.63, 3.8) is 0 Å². The van der Waals surface area contributed by atoms with E-state index in [1.54, 1.807) is 0 Å². The molecule has 0 unspecified atom stereocenters. The number of carboxylic acids is 1. The molecule has 60 valence electrons. The van der Waals surface area contributed by atoms with Crippen molar-refractivity contribution in [1.29, 1.82) is 0 Å². The van der Waals surface area contributed by atoms with E-state index in [1.807, 2.05) is 0 Å². The minimum Gasteiger partial charge on any atom is -0.480 e. The van der Waals surface area contributed by atoms with E-state index in [0.29, 0.717) is 0 Å². The van der Waals surface area contributed by atoms with Crippen molar-refractivity contribution in [2.75, 3.05) is 12.4 Å². The van der Waals surface area contributed by atoms with Crippen molar-refractivity contribution in [1.82, 2.24) is 0 Å². The molecule has 1 N–H and O–H groups in total. The maximum absolute atomic E-state index is 10.4. The smallest absolute Gasteiger partial charge is 0.321 e. The first-order valence-electron chi connectivity index (χ1n) is 2.57. The third-order valence-corrected chi connectivity index (χ3v) is 1.79. The fourth-order valence-electron chi connectivity index (χ4n) is 0.372. The Kier molecular flexibility index (Phi) is 3.31. The Hall–Kier alpha value is -0.620. The fraction of sp³-hybridized carbons (Fsp3) is 0.750. The molecule has 6 heteroatoms. The molecule has 0 spiro atoms. The van der Waals surface area contributed by atoms with Crippen molar-refractivity contribution in [2.45, 2.75) is 6.92 Å². The molecule has 10 heavy (non-hydrogen) atoms. The number of carboxylic acid groups (broad SMARTS) is 1. The summed E-state index contributed by atoms with van der Waals surface area (Å²) in [4.78, 5) is 9.83. The van der Waals surface area contributed by atoms with Gasteiger partial charge in [0.1, 0.15) is 0 Å². The van der Waals surface area contributed by atoms with Crippen LogP contribution in [0, 0.1) is 0 Å². The Labute approximate surface area is 58.7 Å². The van der Waals surface area contributed by atoms with Gasteiger partial charge in [0, 0.05) is 0 Å². The van der Waals surface area contributed by atoms with E-state index < -0.39 is 21.8 Å². The molecule has 0 aromatic carbocycles. The van der Waals surface area contributed by atoms with Crippen molar-refractivity contribution in [2.24, 2.45) is 0 Å². The van der Waals surface area contributed by atoms with Crippen LogP contribution in [-0.2, 0) is 19.1 Å². The minimum atomic E-state index is -3.83. The Balaban J connectivity index is 4.02. The van der Waals surface area contributed by atoms with Crippen LogP contribution in [0.15, 0.2) is 0 Å². The van der Waals surface area contributed by atoms with E-state index in [2.05, 4.69) is 4.18 Å². The van der Waals surface area contributed by atoms with Crippen LogP contribution in [0.4, 0.5) is 0 Å². The highest BCUT2D eigenvalue weighted by Crippen LogP contribution is 1.91. The van der Waals surface area contributed by atoms with Gasteiger partial charge in [0.15, 0.2) is 5.75 Å². The van der Waals surface area contributed by atoms with Crippen molar-refractivity contribution in [3.05, 3.63) is 0 Å². The lowest BCUT2D eigenvalue weighted by Gasteiger charge is -1.97. The molecular weight excluding hydrogens is 160 g/mol. The van der Waals surface area contributed by atoms with Crippen LogP contribution in [0.1, 0.15) is 6.92 Å². The first-order chi connectivity index (χ1) is 4.48. The molecule has 0 saturated heterocycles. The molecule has 0 amide bonds. The predicted octanol–water partition coefficient (Wildman–Crippen LogP) is -0.563. The zero-order valence-corrected chi connectivity index (χ0v) is 6.22. The van der Waals surface area contributed by atoms with E-state index in [4.69, 9.17) is 5.11 Å². The van der Waals surface area contributed by atoms with E-state index in [-0.39, 0.29) is 6.61 Å². The number of aliphatic carboxylic acids is 1. The summed E-state index contributed by atoms with van der Waals surface area (Å²) in [7, 11) is -3.83. The van der Waals surface area contributed by atoms with Gasteiger partial charge in [0.05, 0.1) is 6.61 Å². The summed E-state index contributed by atoms with van der Waals surface area (Å²) in [6.07, 6.45) is 0. The largest absolute Gasteiger partial charge is 0.480 e. The van der Waals surface area contributed by atoms with Crippen LogP contribution in [0.2, 0.25) is 0 Å². The Morgan fingerprint density at radius 1 is 1.60 bits per heavy atom.